The van der Waals surface area contributed by atoms with E-state index in [0.717, 1.165) is 11.8 Å². The molecule has 0 saturated carbocycles. The van der Waals surface area contributed by atoms with Crippen molar-refractivity contribution in [3.05, 3.63) is 35.8 Å². The lowest BCUT2D eigenvalue weighted by atomic mass is 10.0. The van der Waals surface area contributed by atoms with Gasteiger partial charge in [-0.15, -0.1) is 0 Å². The van der Waals surface area contributed by atoms with Crippen LogP contribution in [-0.2, 0) is 11.3 Å². The molecule has 0 spiro atoms. The minimum absolute atomic E-state index is 0.0941. The van der Waals surface area contributed by atoms with Crippen molar-refractivity contribution in [3.63, 3.8) is 0 Å². The van der Waals surface area contributed by atoms with Gasteiger partial charge in [0.1, 0.15) is 23.6 Å². The third-order valence-corrected chi connectivity index (χ3v) is 8.21. The molecule has 2 aliphatic rings. The first-order valence-corrected chi connectivity index (χ1v) is 14.2. The Labute approximate surface area is 253 Å². The van der Waals surface area contributed by atoms with Crippen LogP contribution in [0, 0.1) is 5.92 Å². The van der Waals surface area contributed by atoms with Crippen molar-refractivity contribution >= 4 is 23.1 Å². The Morgan fingerprint density at radius 2 is 1.91 bits per heavy atom. The number of hydrogen-bond donors (Lipinski definition) is 2. The number of carbonyl (C=O) groups is 2. The molecule has 2 fully saturated rings. The van der Waals surface area contributed by atoms with Crippen molar-refractivity contribution in [1.29, 1.82) is 0 Å². The number of anilines is 1. The van der Waals surface area contributed by atoms with Crippen LogP contribution in [0.5, 0.6) is 5.88 Å². The summed E-state index contributed by atoms with van der Waals surface area (Å²) in [4.78, 5) is 37.2. The molecule has 3 atom stereocenters. The van der Waals surface area contributed by atoms with E-state index in [1.165, 1.54) is 30.2 Å². The second-order valence-corrected chi connectivity index (χ2v) is 11.4. The summed E-state index contributed by atoms with van der Waals surface area (Å²) in [5, 5.41) is 6.85. The van der Waals surface area contributed by atoms with Crippen LogP contribution in [0.25, 0.3) is 16.8 Å². The molecule has 11 nitrogen and oxygen atoms in total. The van der Waals surface area contributed by atoms with Gasteiger partial charge < -0.3 is 20.7 Å². The molecule has 0 radical (unpaired) electrons. The lowest BCUT2D eigenvalue weighted by molar-refractivity contribution is -0.176. The number of ether oxygens (including phenoxy) is 1. The number of nitrogens with zero attached hydrogens (tertiary/aromatic N) is 6. The number of likely N-dealkylation sites (tertiary alicyclic amines) is 2. The van der Waals surface area contributed by atoms with E-state index < -0.39 is 55.0 Å². The molecule has 45 heavy (non-hydrogen) atoms. The maximum absolute atomic E-state index is 15.0. The van der Waals surface area contributed by atoms with Crippen LogP contribution in [0.1, 0.15) is 42.1 Å². The molecule has 0 aromatic carbocycles. The van der Waals surface area contributed by atoms with Crippen molar-refractivity contribution in [2.75, 3.05) is 39.0 Å². The van der Waals surface area contributed by atoms with E-state index in [9.17, 15) is 31.5 Å². The summed E-state index contributed by atoms with van der Waals surface area (Å²) in [6, 6.07) is 2.00. The van der Waals surface area contributed by atoms with Gasteiger partial charge in [-0.1, -0.05) is 6.92 Å². The fraction of sp³-hybridized carbons (Fsp3) is 0.536. The van der Waals surface area contributed by atoms with E-state index in [4.69, 9.17) is 10.5 Å². The van der Waals surface area contributed by atoms with E-state index in [0.29, 0.717) is 16.8 Å². The van der Waals surface area contributed by atoms with Gasteiger partial charge in [-0.2, -0.15) is 18.3 Å². The summed E-state index contributed by atoms with van der Waals surface area (Å²) in [5.74, 6) is -6.31. The molecular formula is C28H32F6N8O3. The molecule has 3 aromatic rings. The molecule has 2 aliphatic heterocycles. The van der Waals surface area contributed by atoms with Gasteiger partial charge in [-0.05, 0) is 17.7 Å². The molecule has 3 N–H and O–H groups in total. The second-order valence-electron chi connectivity index (χ2n) is 11.4. The first kappa shape index (κ1) is 32.2. The Bertz CT molecular complexity index is 1570. The number of carbonyl (C=O) groups excluding carboxylic acids is 2. The highest BCUT2D eigenvalue weighted by atomic mass is 19.4. The third-order valence-electron chi connectivity index (χ3n) is 8.21. The number of rotatable bonds is 8. The van der Waals surface area contributed by atoms with Gasteiger partial charge in [0, 0.05) is 57.2 Å². The first-order chi connectivity index (χ1) is 21.2. The van der Waals surface area contributed by atoms with Gasteiger partial charge in [0.2, 0.25) is 11.8 Å². The largest absolute Gasteiger partial charge is 0.480 e. The Morgan fingerprint density at radius 3 is 2.58 bits per heavy atom. The maximum Gasteiger partial charge on any atom is 0.392 e. The fourth-order valence-corrected chi connectivity index (χ4v) is 5.62. The van der Waals surface area contributed by atoms with Gasteiger partial charge in [0.05, 0.1) is 31.3 Å². The Balaban J connectivity index is 1.43. The van der Waals surface area contributed by atoms with Crippen molar-refractivity contribution in [1.82, 2.24) is 34.7 Å². The molecule has 5 rings (SSSR count). The standard InChI is InChI=1S/C28H32F6N8O3/c1-15(28(32,33)34)9-21(43)41-12-18(29)19(13-41)39-25(44)22-17(3-6-36-26(22)45-2)20-10-16(23-24(35)37-14-38-42(20)23)11-40-7-4-27(30,31)5-8-40/h3,6,10,14-15,18-19H,4-5,7-9,11-13H2,1-2H3,(H,39,44)(H2,35,37,38)/t15?,18-,19+/m0/s1. The van der Waals surface area contributed by atoms with Crippen molar-refractivity contribution in [3.8, 4) is 17.1 Å². The topological polar surface area (TPSA) is 131 Å². The summed E-state index contributed by atoms with van der Waals surface area (Å²) in [5.41, 5.74) is 7.77. The van der Waals surface area contributed by atoms with E-state index in [-0.39, 0.29) is 61.8 Å². The summed E-state index contributed by atoms with van der Waals surface area (Å²) in [6.45, 7) is 0.635. The summed E-state index contributed by atoms with van der Waals surface area (Å²) >= 11 is 0. The van der Waals surface area contributed by atoms with Gasteiger partial charge in [0.15, 0.2) is 5.82 Å². The van der Waals surface area contributed by atoms with Crippen molar-refractivity contribution in [2.24, 2.45) is 5.92 Å². The zero-order valence-electron chi connectivity index (χ0n) is 24.5. The predicted molar refractivity (Wildman–Crippen MR) is 149 cm³/mol. The highest BCUT2D eigenvalue weighted by molar-refractivity contribution is 6.03. The van der Waals surface area contributed by atoms with E-state index in [2.05, 4.69) is 20.4 Å². The maximum atomic E-state index is 15.0. The highest BCUT2D eigenvalue weighted by Gasteiger charge is 2.42. The zero-order chi connectivity index (χ0) is 32.7. The Kier molecular flexibility index (Phi) is 8.83. The zero-order valence-corrected chi connectivity index (χ0v) is 24.5. The number of halogens is 6. The van der Waals surface area contributed by atoms with Gasteiger partial charge >= 0.3 is 6.18 Å². The number of hydrogen-bond acceptors (Lipinski definition) is 8. The number of aromatic nitrogens is 4. The van der Waals surface area contributed by atoms with E-state index in [1.54, 1.807) is 6.07 Å². The molecular weight excluding hydrogens is 610 g/mol. The molecule has 0 bridgehead atoms. The molecule has 244 valence electrons. The molecule has 17 heteroatoms. The second kappa shape index (κ2) is 12.3. The Morgan fingerprint density at radius 1 is 1.20 bits per heavy atom. The molecule has 2 saturated heterocycles. The monoisotopic (exact) mass is 642 g/mol. The number of amides is 2. The minimum Gasteiger partial charge on any atom is -0.480 e. The number of fused-ring (bicyclic) bond motifs is 1. The van der Waals surface area contributed by atoms with E-state index in [1.807, 2.05) is 4.90 Å². The number of nitrogen functional groups attached to an aromatic ring is 1. The highest BCUT2D eigenvalue weighted by Crippen LogP contribution is 2.35. The van der Waals surface area contributed by atoms with Crippen LogP contribution in [0.2, 0.25) is 0 Å². The fourth-order valence-electron chi connectivity index (χ4n) is 5.62. The van der Waals surface area contributed by atoms with E-state index >= 15 is 4.39 Å². The Hall–Kier alpha value is -4.15. The molecule has 2 amide bonds. The minimum atomic E-state index is -4.58. The van der Waals surface area contributed by atoms with Crippen LogP contribution in [0.3, 0.4) is 0 Å². The van der Waals surface area contributed by atoms with Crippen molar-refractivity contribution < 1.29 is 40.7 Å². The number of piperidine rings is 1. The van der Waals surface area contributed by atoms with Gasteiger partial charge in [0.25, 0.3) is 11.8 Å². The third kappa shape index (κ3) is 6.77. The SMILES string of the molecule is COc1nccc(-c2cc(CN3CCC(F)(F)CC3)c3c(N)ncnn23)c1C(=O)N[C@@H]1CN(C(=O)CC(C)C(F)(F)F)C[C@@H]1F. The number of nitrogens with two attached hydrogens (primary N) is 1. The van der Waals surface area contributed by atoms with Gasteiger partial charge in [-0.25, -0.2) is 27.7 Å². The number of methoxy groups -OCH3 is 1. The van der Waals surface area contributed by atoms with Crippen LogP contribution in [-0.4, -0.2) is 98.8 Å². The number of nitrogens with one attached hydrogen (secondary N) is 1. The number of alkyl halides is 6. The van der Waals surface area contributed by atoms with Crippen molar-refractivity contribution in [2.45, 2.75) is 57.0 Å². The lowest BCUT2D eigenvalue weighted by Crippen LogP contribution is -2.42. The van der Waals surface area contributed by atoms with Crippen LogP contribution in [0.15, 0.2) is 24.7 Å². The first-order valence-electron chi connectivity index (χ1n) is 14.2. The van der Waals surface area contributed by atoms with Crippen LogP contribution < -0.4 is 15.8 Å². The number of pyridine rings is 1. The average molecular weight is 643 g/mol. The summed E-state index contributed by atoms with van der Waals surface area (Å²) in [6.07, 6.45) is -5.13. The smallest absolute Gasteiger partial charge is 0.392 e. The van der Waals surface area contributed by atoms with Crippen LogP contribution in [0.4, 0.5) is 32.2 Å². The summed E-state index contributed by atoms with van der Waals surface area (Å²) < 4.78 is 88.2. The summed E-state index contributed by atoms with van der Waals surface area (Å²) in [7, 11) is 1.28. The van der Waals surface area contributed by atoms with Gasteiger partial charge in [-0.3, -0.25) is 14.5 Å². The molecule has 0 aliphatic carbocycles. The van der Waals surface area contributed by atoms with Crippen LogP contribution >= 0.6 is 0 Å². The lowest BCUT2D eigenvalue weighted by Gasteiger charge is -2.31. The quantitative estimate of drug-likeness (QED) is 0.358. The molecule has 1 unspecified atom stereocenters. The normalized spacial score (nSPS) is 21.2. The molecule has 5 heterocycles. The predicted octanol–water partition coefficient (Wildman–Crippen LogP) is 3.48. The molecule has 3 aromatic heterocycles. The average Bonchev–Trinajstić information content (AvgIpc) is 3.53.